The molecule has 3 heterocycles. The Kier molecular flexibility index (Phi) is 11.1. The molecular formula is C27H23N15O12S3. The first kappa shape index (κ1) is 38.9. The maximum atomic E-state index is 13.1. The molecule has 0 fully saturated rings. The van der Waals surface area contributed by atoms with Crippen molar-refractivity contribution in [1.29, 1.82) is 0 Å². The van der Waals surface area contributed by atoms with Gasteiger partial charge in [-0.05, 0) is 36.7 Å². The van der Waals surface area contributed by atoms with Crippen LogP contribution in [0.3, 0.4) is 0 Å². The number of anilines is 3. The molecule has 296 valence electrons. The zero-order valence-electron chi connectivity index (χ0n) is 27.8. The first-order valence-corrected chi connectivity index (χ1v) is 16.5. The van der Waals surface area contributed by atoms with E-state index in [1.165, 1.54) is 0 Å². The van der Waals surface area contributed by atoms with Gasteiger partial charge < -0.3 is 44.8 Å². The number of nitrogens with one attached hydrogen (secondary N) is 6. The molecular weight excluding hydrogens is 823 g/mol. The lowest BCUT2D eigenvalue weighted by atomic mass is 10.2. The monoisotopic (exact) mass is 845 g/mol. The van der Waals surface area contributed by atoms with Gasteiger partial charge in [0, 0.05) is 36.4 Å². The fourth-order valence-electron chi connectivity index (χ4n) is 4.71. The second-order valence-electron chi connectivity index (χ2n) is 10.9. The molecule has 0 atom stereocenters. The first-order valence-electron chi connectivity index (χ1n) is 15.2. The van der Waals surface area contributed by atoms with Gasteiger partial charge in [-0.2, -0.15) is 15.6 Å². The molecule has 3 aromatic heterocycles. The number of tetrazole rings is 3. The third-order valence-electron chi connectivity index (χ3n) is 7.15. The van der Waals surface area contributed by atoms with Crippen molar-refractivity contribution >= 4 is 72.0 Å². The molecule has 0 saturated heterocycles. The molecule has 0 aliphatic carbocycles. The third kappa shape index (κ3) is 8.76. The van der Waals surface area contributed by atoms with Gasteiger partial charge >= 0.3 is 18.3 Å². The van der Waals surface area contributed by atoms with Crippen molar-refractivity contribution in [1.82, 2.24) is 60.6 Å². The van der Waals surface area contributed by atoms with Gasteiger partial charge in [-0.3, -0.25) is 16.0 Å². The highest BCUT2D eigenvalue weighted by molar-refractivity contribution is 7.71. The minimum absolute atomic E-state index is 0.136. The Morgan fingerprint density at radius 3 is 1.18 bits per heavy atom. The number of benzene rings is 3. The average molecular weight is 846 g/mol. The predicted molar refractivity (Wildman–Crippen MR) is 193 cm³/mol. The largest absolute Gasteiger partial charge is 0.508 e. The predicted octanol–water partition coefficient (Wildman–Crippen LogP) is 2.25. The Hall–Kier alpha value is -7.86. The molecule has 12 N–H and O–H groups in total. The summed E-state index contributed by atoms with van der Waals surface area (Å²) in [6, 6.07) is 6.11. The summed E-state index contributed by atoms with van der Waals surface area (Å²) >= 11 is 15.0. The quantitative estimate of drug-likeness (QED) is 0.0385. The summed E-state index contributed by atoms with van der Waals surface area (Å²) in [4.78, 5) is 38.8. The number of phenols is 6. The van der Waals surface area contributed by atoms with Crippen LogP contribution in [-0.4, -0.2) is 129 Å². The van der Waals surface area contributed by atoms with Crippen LogP contribution in [0.5, 0.6) is 34.5 Å². The van der Waals surface area contributed by atoms with Crippen LogP contribution >= 0.6 is 36.7 Å². The summed E-state index contributed by atoms with van der Waals surface area (Å²) in [5.74, 6) is -3.19. The van der Waals surface area contributed by atoms with E-state index >= 15 is 0 Å². The van der Waals surface area contributed by atoms with Crippen molar-refractivity contribution in [2.75, 3.05) is 29.2 Å². The van der Waals surface area contributed by atoms with Gasteiger partial charge in [0.1, 0.15) is 47.5 Å². The number of aromatic amines is 3. The standard InChI is InChI=1S/C27H23N15O12S3/c43-9-1-13(19(46)16(4-9)40-22(55)31-34-37-40)28-25(49)52-7-12(54-27(51)30-15-3-11(45)6-18(21(15)48)42-24(57)33-36-39-42)8-53-26(50)29-14-2-10(44)5-17(20(14)47)41-23(56)32-35-38-41/h1-6,12,43-48H,7-8H2,(H,28,49)(H,29,50)(H,30,51)(H,31,37,55)(H,32,38,56)(H,33,39,57). The number of carbonyl (C=O) groups is 3. The third-order valence-corrected chi connectivity index (χ3v) is 7.94. The van der Waals surface area contributed by atoms with E-state index in [4.69, 9.17) is 50.9 Å². The zero-order chi connectivity index (χ0) is 41.0. The number of hydrogen-bond acceptors (Lipinski definition) is 21. The molecule has 0 bridgehead atoms. The molecule has 3 amide bonds. The minimum atomic E-state index is -1.64. The van der Waals surface area contributed by atoms with Gasteiger partial charge in [0.2, 0.25) is 14.3 Å². The normalized spacial score (nSPS) is 10.9. The lowest BCUT2D eigenvalue weighted by Gasteiger charge is -2.20. The summed E-state index contributed by atoms with van der Waals surface area (Å²) in [7, 11) is 0. The van der Waals surface area contributed by atoms with Gasteiger partial charge in [-0.25, -0.2) is 28.4 Å². The Morgan fingerprint density at radius 1 is 0.561 bits per heavy atom. The fraction of sp³-hybridized carbons (Fsp3) is 0.111. The van der Waals surface area contributed by atoms with Crippen LogP contribution < -0.4 is 16.0 Å². The van der Waals surface area contributed by atoms with Crippen molar-refractivity contribution in [3.63, 3.8) is 0 Å². The van der Waals surface area contributed by atoms with Crippen molar-refractivity contribution in [2.24, 2.45) is 0 Å². The summed E-state index contributed by atoms with van der Waals surface area (Å²) in [6.45, 7) is -1.71. The molecule has 0 spiro atoms. The van der Waals surface area contributed by atoms with Crippen LogP contribution in [0, 0.1) is 14.3 Å². The van der Waals surface area contributed by atoms with Crippen LogP contribution in [0.15, 0.2) is 36.4 Å². The number of amides is 3. The van der Waals surface area contributed by atoms with Gasteiger partial charge in [-0.1, -0.05) is 30.9 Å². The molecule has 6 rings (SSSR count). The molecule has 57 heavy (non-hydrogen) atoms. The lowest BCUT2D eigenvalue weighted by molar-refractivity contribution is 0.0176. The number of ether oxygens (including phenoxy) is 3. The van der Waals surface area contributed by atoms with E-state index < -0.39 is 77.8 Å². The van der Waals surface area contributed by atoms with E-state index in [0.717, 1.165) is 50.4 Å². The van der Waals surface area contributed by atoms with Gasteiger partial charge in [0.25, 0.3) is 0 Å². The Morgan fingerprint density at radius 2 is 0.877 bits per heavy atom. The highest BCUT2D eigenvalue weighted by Gasteiger charge is 2.24. The molecule has 0 aliphatic rings. The zero-order valence-corrected chi connectivity index (χ0v) is 30.3. The number of rotatable bonds is 11. The van der Waals surface area contributed by atoms with Crippen LogP contribution in [0.1, 0.15) is 0 Å². The topological polar surface area (TPSA) is 376 Å². The minimum Gasteiger partial charge on any atom is -0.508 e. The van der Waals surface area contributed by atoms with Crippen molar-refractivity contribution in [2.45, 2.75) is 6.10 Å². The summed E-state index contributed by atoms with van der Waals surface area (Å²) in [5, 5.41) is 97.8. The van der Waals surface area contributed by atoms with E-state index in [1.807, 2.05) is 0 Å². The van der Waals surface area contributed by atoms with Crippen LogP contribution in [0.4, 0.5) is 31.4 Å². The SMILES string of the molecule is O=C(Nc1cc(O)cc(-n2[nH]nnc2=S)c1O)OCC(COC(=O)Nc1cc(O)cc(-n2[nH]nnc2=S)c1O)OC(=O)Nc1cc(O)cc(-n2[nH]nnc2=S)c1O. The second-order valence-corrected chi connectivity index (χ2v) is 12.0. The smallest absolute Gasteiger partial charge is 0.412 e. The Balaban J connectivity index is 1.18. The van der Waals surface area contributed by atoms with Crippen molar-refractivity contribution in [3.05, 3.63) is 50.7 Å². The summed E-state index contributed by atoms with van der Waals surface area (Å²) in [5.41, 5.74) is -1.65. The molecule has 6 aromatic rings. The summed E-state index contributed by atoms with van der Waals surface area (Å²) in [6.07, 6.45) is -5.55. The number of phenolic OH excluding ortho intramolecular Hbond substituents is 6. The number of H-pyrrole nitrogens is 3. The molecule has 3 aromatic carbocycles. The van der Waals surface area contributed by atoms with Crippen LogP contribution in [-0.2, 0) is 14.2 Å². The Bertz CT molecular complexity index is 2570. The van der Waals surface area contributed by atoms with Crippen LogP contribution in [0.25, 0.3) is 17.1 Å². The number of aromatic hydroxyl groups is 6. The van der Waals surface area contributed by atoms with Crippen LogP contribution in [0.2, 0.25) is 0 Å². The Labute approximate surface area is 328 Å². The molecule has 0 unspecified atom stereocenters. The van der Waals surface area contributed by atoms with E-state index in [2.05, 4.69) is 62.5 Å². The van der Waals surface area contributed by atoms with Crippen molar-refractivity contribution < 1.29 is 59.2 Å². The number of hydrogen-bond donors (Lipinski definition) is 12. The van der Waals surface area contributed by atoms with Gasteiger partial charge in [0.15, 0.2) is 23.4 Å². The van der Waals surface area contributed by atoms with E-state index in [-0.39, 0.29) is 42.8 Å². The van der Waals surface area contributed by atoms with E-state index in [0.29, 0.717) is 0 Å². The van der Waals surface area contributed by atoms with E-state index in [1.54, 1.807) is 0 Å². The molecule has 0 saturated carbocycles. The second kappa shape index (κ2) is 16.2. The lowest BCUT2D eigenvalue weighted by Crippen LogP contribution is -2.34. The van der Waals surface area contributed by atoms with Gasteiger partial charge in [-0.15, -0.1) is 0 Å². The summed E-state index contributed by atoms with van der Waals surface area (Å²) < 4.78 is 18.2. The maximum absolute atomic E-state index is 13.1. The van der Waals surface area contributed by atoms with E-state index in [9.17, 15) is 45.0 Å². The first-order chi connectivity index (χ1) is 27.2. The highest BCUT2D eigenvalue weighted by Crippen LogP contribution is 2.37. The number of carbonyl (C=O) groups excluding carboxylic acids is 3. The number of nitrogens with zero attached hydrogens (tertiary/aromatic N) is 9. The molecule has 30 heteroatoms. The highest BCUT2D eigenvalue weighted by atomic mass is 32.1. The molecule has 27 nitrogen and oxygen atoms in total. The van der Waals surface area contributed by atoms with Crippen molar-refractivity contribution in [3.8, 4) is 51.6 Å². The molecule has 0 aliphatic heterocycles. The average Bonchev–Trinajstić information content (AvgIpc) is 3.91. The van der Waals surface area contributed by atoms with Gasteiger partial charge in [0.05, 0.1) is 17.1 Å². The molecule has 0 radical (unpaired) electrons. The number of aromatic nitrogens is 12. The fourth-order valence-corrected chi connectivity index (χ4v) is 5.25. The maximum Gasteiger partial charge on any atom is 0.412 e.